The van der Waals surface area contributed by atoms with Crippen LogP contribution >= 0.6 is 0 Å². The van der Waals surface area contributed by atoms with E-state index in [1.165, 1.54) is 4.31 Å². The molecule has 2 aliphatic rings. The summed E-state index contributed by atoms with van der Waals surface area (Å²) >= 11 is 0. The van der Waals surface area contributed by atoms with Crippen molar-refractivity contribution in [1.29, 1.82) is 0 Å². The average Bonchev–Trinajstić information content (AvgIpc) is 2.99. The Morgan fingerprint density at radius 3 is 2.30 bits per heavy atom. The third-order valence-electron chi connectivity index (χ3n) is 5.10. The molecule has 0 fully saturated rings. The quantitative estimate of drug-likeness (QED) is 0.687. The number of hydrogen-bond acceptors (Lipinski definition) is 3. The molecule has 2 aliphatic heterocycles. The molecule has 0 spiro atoms. The standard InChI is InChI=1S/C21H16N2O3S/c24-21-17-11-5-4-10-16(17)20-22(14-15-8-2-1-3-9-15)27(25,26)19-13-7-6-12-18(19)23(20)21/h1-13,20H,14H2. The van der Waals surface area contributed by atoms with E-state index in [0.29, 0.717) is 11.3 Å². The molecule has 0 bridgehead atoms. The molecule has 27 heavy (non-hydrogen) atoms. The summed E-state index contributed by atoms with van der Waals surface area (Å²) in [5.74, 6) is -0.170. The molecule has 5 rings (SSSR count). The van der Waals surface area contributed by atoms with Crippen molar-refractivity contribution in [3.05, 3.63) is 95.6 Å². The monoisotopic (exact) mass is 376 g/mol. The second kappa shape index (κ2) is 5.77. The highest BCUT2D eigenvalue weighted by Gasteiger charge is 2.50. The van der Waals surface area contributed by atoms with Gasteiger partial charge in [0.25, 0.3) is 5.91 Å². The minimum Gasteiger partial charge on any atom is -0.285 e. The van der Waals surface area contributed by atoms with Gasteiger partial charge >= 0.3 is 0 Å². The maximum atomic E-state index is 13.5. The van der Waals surface area contributed by atoms with Crippen molar-refractivity contribution >= 4 is 21.6 Å². The number of carbonyl (C=O) groups excluding carboxylic acids is 1. The van der Waals surface area contributed by atoms with E-state index in [9.17, 15) is 13.2 Å². The minimum absolute atomic E-state index is 0.165. The van der Waals surface area contributed by atoms with Crippen molar-refractivity contribution in [2.75, 3.05) is 4.90 Å². The molecular formula is C21H16N2O3S. The van der Waals surface area contributed by atoms with Crippen molar-refractivity contribution in [2.24, 2.45) is 0 Å². The number of anilines is 1. The average molecular weight is 376 g/mol. The topological polar surface area (TPSA) is 57.7 Å². The molecule has 0 saturated heterocycles. The third kappa shape index (κ3) is 2.27. The Morgan fingerprint density at radius 2 is 1.48 bits per heavy atom. The molecule has 0 aliphatic carbocycles. The van der Waals surface area contributed by atoms with Crippen LogP contribution in [0, 0.1) is 0 Å². The number of fused-ring (bicyclic) bond motifs is 5. The predicted octanol–water partition coefficient (Wildman–Crippen LogP) is 3.55. The van der Waals surface area contributed by atoms with E-state index in [-0.39, 0.29) is 17.3 Å². The molecule has 1 amide bonds. The zero-order valence-corrected chi connectivity index (χ0v) is 15.1. The molecule has 1 atom stereocenters. The summed E-state index contributed by atoms with van der Waals surface area (Å²) < 4.78 is 28.3. The molecule has 134 valence electrons. The zero-order valence-electron chi connectivity index (χ0n) is 14.3. The Kier molecular flexibility index (Phi) is 3.47. The largest absolute Gasteiger partial charge is 0.285 e. The van der Waals surface area contributed by atoms with E-state index in [2.05, 4.69) is 0 Å². The van der Waals surface area contributed by atoms with Gasteiger partial charge in [-0.25, -0.2) is 8.42 Å². The van der Waals surface area contributed by atoms with Gasteiger partial charge in [0.05, 0.1) is 5.69 Å². The zero-order chi connectivity index (χ0) is 18.6. The van der Waals surface area contributed by atoms with Crippen LogP contribution in [0.15, 0.2) is 83.8 Å². The van der Waals surface area contributed by atoms with Gasteiger partial charge in [-0.05, 0) is 23.8 Å². The lowest BCUT2D eigenvalue weighted by molar-refractivity contribution is 0.0975. The number of rotatable bonds is 2. The van der Waals surface area contributed by atoms with Gasteiger partial charge in [0.15, 0.2) is 0 Å². The maximum absolute atomic E-state index is 13.5. The van der Waals surface area contributed by atoms with E-state index in [0.717, 1.165) is 11.1 Å². The van der Waals surface area contributed by atoms with Gasteiger partial charge in [-0.1, -0.05) is 60.7 Å². The maximum Gasteiger partial charge on any atom is 0.260 e. The Hall–Kier alpha value is -2.96. The van der Waals surface area contributed by atoms with Crippen molar-refractivity contribution in [1.82, 2.24) is 4.31 Å². The number of nitrogens with zero attached hydrogens (tertiary/aromatic N) is 2. The molecule has 5 nitrogen and oxygen atoms in total. The number of benzene rings is 3. The summed E-state index contributed by atoms with van der Waals surface area (Å²) in [5, 5.41) is 0. The fraction of sp³-hybridized carbons (Fsp3) is 0.0952. The Balaban J connectivity index is 1.76. The van der Waals surface area contributed by atoms with Gasteiger partial charge in [0.2, 0.25) is 10.0 Å². The highest BCUT2D eigenvalue weighted by molar-refractivity contribution is 7.89. The van der Waals surface area contributed by atoms with E-state index >= 15 is 0 Å². The first-order chi connectivity index (χ1) is 13.1. The van der Waals surface area contributed by atoms with Gasteiger partial charge in [0, 0.05) is 17.7 Å². The summed E-state index contributed by atoms with van der Waals surface area (Å²) in [4.78, 5) is 14.9. The van der Waals surface area contributed by atoms with Crippen LogP contribution in [0.5, 0.6) is 0 Å². The lowest BCUT2D eigenvalue weighted by Gasteiger charge is -2.40. The summed E-state index contributed by atoms with van der Waals surface area (Å²) in [6, 6.07) is 23.4. The third-order valence-corrected chi connectivity index (χ3v) is 6.95. The van der Waals surface area contributed by atoms with Gasteiger partial charge in [-0.2, -0.15) is 4.31 Å². The lowest BCUT2D eigenvalue weighted by atomic mass is 10.1. The van der Waals surface area contributed by atoms with E-state index in [1.54, 1.807) is 41.3 Å². The normalized spacial score (nSPS) is 20.1. The molecule has 0 aromatic heterocycles. The summed E-state index contributed by atoms with van der Waals surface area (Å²) in [5.41, 5.74) is 2.58. The summed E-state index contributed by atoms with van der Waals surface area (Å²) in [6.07, 6.45) is -0.672. The fourth-order valence-electron chi connectivity index (χ4n) is 3.89. The van der Waals surface area contributed by atoms with Gasteiger partial charge in [-0.3, -0.25) is 9.69 Å². The van der Waals surface area contributed by atoms with Crippen molar-refractivity contribution < 1.29 is 13.2 Å². The van der Waals surface area contributed by atoms with Crippen LogP contribution in [0.3, 0.4) is 0 Å². The van der Waals surface area contributed by atoms with E-state index in [1.807, 2.05) is 42.5 Å². The number of sulfonamides is 1. The first-order valence-electron chi connectivity index (χ1n) is 8.66. The number of para-hydroxylation sites is 1. The molecular weight excluding hydrogens is 360 g/mol. The molecule has 2 heterocycles. The number of carbonyl (C=O) groups is 1. The van der Waals surface area contributed by atoms with Gasteiger partial charge in [-0.15, -0.1) is 0 Å². The van der Waals surface area contributed by atoms with Crippen LogP contribution in [-0.4, -0.2) is 18.6 Å². The van der Waals surface area contributed by atoms with Crippen LogP contribution in [-0.2, 0) is 16.6 Å². The number of hydrogen-bond donors (Lipinski definition) is 0. The van der Waals surface area contributed by atoms with Crippen LogP contribution < -0.4 is 4.90 Å². The predicted molar refractivity (Wildman–Crippen MR) is 102 cm³/mol. The van der Waals surface area contributed by atoms with E-state index in [4.69, 9.17) is 0 Å². The Labute approximate surface area is 157 Å². The van der Waals surface area contributed by atoms with Crippen LogP contribution in [0.25, 0.3) is 0 Å². The highest BCUT2D eigenvalue weighted by Crippen LogP contribution is 2.48. The van der Waals surface area contributed by atoms with Crippen molar-refractivity contribution in [3.8, 4) is 0 Å². The summed E-state index contributed by atoms with van der Waals surface area (Å²) in [6.45, 7) is 0.195. The smallest absolute Gasteiger partial charge is 0.260 e. The first kappa shape index (κ1) is 16.2. The fourth-order valence-corrected chi connectivity index (χ4v) is 5.61. The Morgan fingerprint density at radius 1 is 0.815 bits per heavy atom. The Bertz CT molecular complexity index is 1160. The van der Waals surface area contributed by atoms with Gasteiger partial charge < -0.3 is 0 Å². The van der Waals surface area contributed by atoms with Crippen LogP contribution in [0.2, 0.25) is 0 Å². The molecule has 0 N–H and O–H groups in total. The molecule has 0 radical (unpaired) electrons. The van der Waals surface area contributed by atoms with Crippen LogP contribution in [0.1, 0.15) is 27.7 Å². The summed E-state index contributed by atoms with van der Waals surface area (Å²) in [7, 11) is -3.76. The van der Waals surface area contributed by atoms with E-state index < -0.39 is 16.2 Å². The molecule has 3 aromatic rings. The second-order valence-electron chi connectivity index (χ2n) is 6.64. The highest BCUT2D eigenvalue weighted by atomic mass is 32.2. The first-order valence-corrected chi connectivity index (χ1v) is 10.1. The minimum atomic E-state index is -3.76. The SMILES string of the molecule is O=C1c2ccccc2C2N1c1ccccc1S(=O)(=O)N2Cc1ccccc1. The van der Waals surface area contributed by atoms with Crippen molar-refractivity contribution in [2.45, 2.75) is 17.6 Å². The van der Waals surface area contributed by atoms with Gasteiger partial charge in [0.1, 0.15) is 11.1 Å². The molecule has 3 aromatic carbocycles. The molecule has 6 heteroatoms. The number of amides is 1. The lowest BCUT2D eigenvalue weighted by Crippen LogP contribution is -2.47. The van der Waals surface area contributed by atoms with Crippen LogP contribution in [0.4, 0.5) is 5.69 Å². The second-order valence-corrected chi connectivity index (χ2v) is 8.50. The molecule has 0 saturated carbocycles. The van der Waals surface area contributed by atoms with Crippen molar-refractivity contribution in [3.63, 3.8) is 0 Å². The molecule has 1 unspecified atom stereocenters.